The second-order valence-corrected chi connectivity index (χ2v) is 5.80. The second-order valence-electron chi connectivity index (χ2n) is 5.80. The lowest BCUT2D eigenvalue weighted by atomic mass is 10.1. The second kappa shape index (κ2) is 6.79. The van der Waals surface area contributed by atoms with E-state index in [1.54, 1.807) is 6.26 Å². The molecule has 1 aromatic heterocycles. The van der Waals surface area contributed by atoms with Gasteiger partial charge in [0, 0.05) is 38.3 Å². The van der Waals surface area contributed by atoms with Crippen LogP contribution in [0, 0.1) is 6.92 Å². The molecule has 2 heterocycles. The Hall–Kier alpha value is -2.07. The largest absolute Gasteiger partial charge is 0.459 e. The first-order valence-corrected chi connectivity index (χ1v) is 7.83. The molecular formula is C18H22N2O2. The van der Waals surface area contributed by atoms with Crippen molar-refractivity contribution in [2.45, 2.75) is 13.3 Å². The molecule has 0 N–H and O–H groups in total. The molecule has 1 aliphatic heterocycles. The van der Waals surface area contributed by atoms with Gasteiger partial charge in [-0.25, -0.2) is 0 Å². The molecule has 0 radical (unpaired) electrons. The number of carbonyl (C=O) groups is 1. The van der Waals surface area contributed by atoms with Crippen LogP contribution in [0.25, 0.3) is 0 Å². The lowest BCUT2D eigenvalue weighted by molar-refractivity contribution is 0.0606. The summed E-state index contributed by atoms with van der Waals surface area (Å²) in [6.45, 7) is 6.36. The van der Waals surface area contributed by atoms with Crippen LogP contribution < -0.4 is 0 Å². The lowest BCUT2D eigenvalue weighted by Crippen LogP contribution is -2.49. The van der Waals surface area contributed by atoms with Gasteiger partial charge in [-0.15, -0.1) is 0 Å². The molecule has 2 aromatic rings. The third-order valence-electron chi connectivity index (χ3n) is 4.28. The lowest BCUT2D eigenvalue weighted by Gasteiger charge is -2.34. The maximum atomic E-state index is 12.4. The van der Waals surface area contributed by atoms with Gasteiger partial charge in [-0.1, -0.05) is 30.3 Å². The summed E-state index contributed by atoms with van der Waals surface area (Å²) in [7, 11) is 0. The van der Waals surface area contributed by atoms with E-state index in [0.29, 0.717) is 5.76 Å². The molecule has 0 unspecified atom stereocenters. The fourth-order valence-corrected chi connectivity index (χ4v) is 2.84. The van der Waals surface area contributed by atoms with Crippen molar-refractivity contribution >= 4 is 5.91 Å². The van der Waals surface area contributed by atoms with Crippen LogP contribution in [0.3, 0.4) is 0 Å². The number of rotatable bonds is 4. The van der Waals surface area contributed by atoms with E-state index < -0.39 is 0 Å². The predicted molar refractivity (Wildman–Crippen MR) is 85.9 cm³/mol. The maximum Gasteiger partial charge on any atom is 0.289 e. The summed E-state index contributed by atoms with van der Waals surface area (Å²) in [4.78, 5) is 16.7. The van der Waals surface area contributed by atoms with Gasteiger partial charge in [0.15, 0.2) is 5.76 Å². The van der Waals surface area contributed by atoms with Gasteiger partial charge in [-0.3, -0.25) is 9.69 Å². The monoisotopic (exact) mass is 298 g/mol. The normalized spacial score (nSPS) is 16.0. The minimum atomic E-state index is 0.0187. The van der Waals surface area contributed by atoms with E-state index in [1.165, 1.54) is 5.56 Å². The molecule has 1 amide bonds. The summed E-state index contributed by atoms with van der Waals surface area (Å²) in [5.74, 6) is 0.503. The van der Waals surface area contributed by atoms with Crippen molar-refractivity contribution in [1.82, 2.24) is 9.80 Å². The molecule has 1 saturated heterocycles. The Labute approximate surface area is 131 Å². The average Bonchev–Trinajstić information content (AvgIpc) is 3.00. The Kier molecular flexibility index (Phi) is 4.59. The number of aryl methyl sites for hydroxylation is 1. The summed E-state index contributed by atoms with van der Waals surface area (Å²) >= 11 is 0. The van der Waals surface area contributed by atoms with E-state index in [9.17, 15) is 4.79 Å². The minimum absolute atomic E-state index is 0.0187. The van der Waals surface area contributed by atoms with Crippen LogP contribution in [0.4, 0.5) is 0 Å². The third kappa shape index (κ3) is 3.39. The molecule has 3 rings (SSSR count). The molecule has 0 atom stereocenters. The molecule has 4 nitrogen and oxygen atoms in total. The standard InChI is InChI=1S/C18H22N2O2/c1-15-8-14-22-17(15)18(21)20-12-10-19(11-13-20)9-7-16-5-3-2-4-6-16/h2-6,8,14H,7,9-13H2,1H3. The van der Waals surface area contributed by atoms with E-state index in [0.717, 1.165) is 44.7 Å². The van der Waals surface area contributed by atoms with E-state index in [2.05, 4.69) is 29.2 Å². The molecule has 22 heavy (non-hydrogen) atoms. The highest BCUT2D eigenvalue weighted by Gasteiger charge is 2.24. The highest BCUT2D eigenvalue weighted by Crippen LogP contribution is 2.14. The topological polar surface area (TPSA) is 36.7 Å². The van der Waals surface area contributed by atoms with Crippen LogP contribution in [-0.4, -0.2) is 48.4 Å². The third-order valence-corrected chi connectivity index (χ3v) is 4.28. The first-order chi connectivity index (χ1) is 10.7. The van der Waals surface area contributed by atoms with Gasteiger partial charge in [-0.2, -0.15) is 0 Å². The number of amides is 1. The number of hydrogen-bond donors (Lipinski definition) is 0. The van der Waals surface area contributed by atoms with Crippen molar-refractivity contribution in [3.63, 3.8) is 0 Å². The fraction of sp³-hybridized carbons (Fsp3) is 0.389. The SMILES string of the molecule is Cc1ccoc1C(=O)N1CCN(CCc2ccccc2)CC1. The number of furan rings is 1. The molecule has 1 fully saturated rings. The summed E-state index contributed by atoms with van der Waals surface area (Å²) in [6, 6.07) is 12.4. The van der Waals surface area contributed by atoms with Gasteiger partial charge in [0.1, 0.15) is 0 Å². The predicted octanol–water partition coefficient (Wildman–Crippen LogP) is 2.59. The number of nitrogens with zero attached hydrogens (tertiary/aromatic N) is 2. The van der Waals surface area contributed by atoms with E-state index >= 15 is 0 Å². The zero-order valence-corrected chi connectivity index (χ0v) is 13.0. The Balaban J connectivity index is 1.48. The van der Waals surface area contributed by atoms with Crippen LogP contribution in [-0.2, 0) is 6.42 Å². The maximum absolute atomic E-state index is 12.4. The summed E-state index contributed by atoms with van der Waals surface area (Å²) in [5.41, 5.74) is 2.28. The van der Waals surface area contributed by atoms with Crippen molar-refractivity contribution in [2.75, 3.05) is 32.7 Å². The molecule has 1 aromatic carbocycles. The van der Waals surface area contributed by atoms with Gasteiger partial charge in [0.25, 0.3) is 5.91 Å². The molecule has 4 heteroatoms. The van der Waals surface area contributed by atoms with Crippen LogP contribution in [0.15, 0.2) is 47.1 Å². The van der Waals surface area contributed by atoms with Crippen molar-refractivity contribution in [3.8, 4) is 0 Å². The average molecular weight is 298 g/mol. The molecular weight excluding hydrogens is 276 g/mol. The van der Waals surface area contributed by atoms with Gasteiger partial charge >= 0.3 is 0 Å². The first-order valence-electron chi connectivity index (χ1n) is 7.83. The van der Waals surface area contributed by atoms with Crippen LogP contribution in [0.5, 0.6) is 0 Å². The zero-order chi connectivity index (χ0) is 15.4. The smallest absolute Gasteiger partial charge is 0.289 e. The summed E-state index contributed by atoms with van der Waals surface area (Å²) in [5, 5.41) is 0. The quantitative estimate of drug-likeness (QED) is 0.870. The van der Waals surface area contributed by atoms with Crippen LogP contribution in [0.2, 0.25) is 0 Å². The van der Waals surface area contributed by atoms with E-state index in [-0.39, 0.29) is 5.91 Å². The van der Waals surface area contributed by atoms with Gasteiger partial charge in [-0.05, 0) is 25.0 Å². The van der Waals surface area contributed by atoms with Gasteiger partial charge in [0.2, 0.25) is 0 Å². The van der Waals surface area contributed by atoms with Crippen molar-refractivity contribution < 1.29 is 9.21 Å². The number of piperazine rings is 1. The molecule has 116 valence electrons. The van der Waals surface area contributed by atoms with Crippen molar-refractivity contribution in [3.05, 3.63) is 59.5 Å². The Bertz CT molecular complexity index is 613. The van der Waals surface area contributed by atoms with E-state index in [4.69, 9.17) is 4.42 Å². The van der Waals surface area contributed by atoms with Crippen LogP contribution >= 0.6 is 0 Å². The van der Waals surface area contributed by atoms with Crippen molar-refractivity contribution in [2.24, 2.45) is 0 Å². The highest BCUT2D eigenvalue weighted by molar-refractivity contribution is 5.92. The number of benzene rings is 1. The Morgan fingerprint density at radius 3 is 2.45 bits per heavy atom. The molecule has 0 saturated carbocycles. The fourth-order valence-electron chi connectivity index (χ4n) is 2.84. The van der Waals surface area contributed by atoms with Crippen LogP contribution in [0.1, 0.15) is 21.7 Å². The molecule has 0 aliphatic carbocycles. The summed E-state index contributed by atoms with van der Waals surface area (Å²) in [6.07, 6.45) is 2.64. The van der Waals surface area contributed by atoms with Gasteiger partial charge in [0.05, 0.1) is 6.26 Å². The Morgan fingerprint density at radius 1 is 1.09 bits per heavy atom. The highest BCUT2D eigenvalue weighted by atomic mass is 16.3. The first kappa shape index (κ1) is 14.9. The van der Waals surface area contributed by atoms with E-state index in [1.807, 2.05) is 24.0 Å². The number of hydrogen-bond acceptors (Lipinski definition) is 3. The summed E-state index contributed by atoms with van der Waals surface area (Å²) < 4.78 is 5.31. The minimum Gasteiger partial charge on any atom is -0.459 e. The molecule has 0 spiro atoms. The zero-order valence-electron chi connectivity index (χ0n) is 13.0. The van der Waals surface area contributed by atoms with Crippen molar-refractivity contribution in [1.29, 1.82) is 0 Å². The Morgan fingerprint density at radius 2 is 1.82 bits per heavy atom. The van der Waals surface area contributed by atoms with Gasteiger partial charge < -0.3 is 9.32 Å². The number of carbonyl (C=O) groups excluding carboxylic acids is 1. The molecule has 1 aliphatic rings. The molecule has 0 bridgehead atoms.